The summed E-state index contributed by atoms with van der Waals surface area (Å²) in [5.74, 6) is 0.642. The van der Waals surface area contributed by atoms with Crippen LogP contribution >= 0.6 is 11.3 Å². The van der Waals surface area contributed by atoms with Crippen LogP contribution in [0.15, 0.2) is 72.8 Å². The minimum absolute atomic E-state index is 0.0461. The van der Waals surface area contributed by atoms with Crippen LogP contribution < -0.4 is 4.74 Å². The molecule has 1 heterocycles. The van der Waals surface area contributed by atoms with Crippen molar-refractivity contribution in [3.63, 3.8) is 0 Å². The van der Waals surface area contributed by atoms with Gasteiger partial charge in [0.1, 0.15) is 23.4 Å². The molecule has 0 amide bonds. The Balaban J connectivity index is 1.51. The Morgan fingerprint density at radius 1 is 1.13 bits per heavy atom. The van der Waals surface area contributed by atoms with E-state index in [9.17, 15) is 15.4 Å². The number of nitrogens with zero attached hydrogens (tertiary/aromatic N) is 3. The maximum atomic E-state index is 10.7. The maximum absolute atomic E-state index is 10.7. The third-order valence-corrected chi connectivity index (χ3v) is 5.44. The fourth-order valence-electron chi connectivity index (χ4n) is 2.87. The maximum Gasteiger partial charge on any atom is 0.269 e. The number of nitro benzene ring substituents is 1. The van der Waals surface area contributed by atoms with Crippen molar-refractivity contribution in [2.24, 2.45) is 0 Å². The molecule has 0 aliphatic heterocycles. The molecule has 0 unspecified atom stereocenters. The fourth-order valence-corrected chi connectivity index (χ4v) is 3.80. The largest absolute Gasteiger partial charge is 0.489 e. The number of ether oxygens (including phenoxy) is 1. The van der Waals surface area contributed by atoms with Crippen molar-refractivity contribution in [1.82, 2.24) is 4.98 Å². The number of allylic oxidation sites excluding steroid dienone is 1. The first-order valence-electron chi connectivity index (χ1n) is 9.06. The molecule has 4 aromatic rings. The number of rotatable bonds is 6. The average molecular weight is 413 g/mol. The lowest BCUT2D eigenvalue weighted by Crippen LogP contribution is -1.96. The Bertz CT molecular complexity index is 1250. The van der Waals surface area contributed by atoms with E-state index in [1.54, 1.807) is 18.2 Å². The normalized spacial score (nSPS) is 11.2. The van der Waals surface area contributed by atoms with Crippen LogP contribution in [0.25, 0.3) is 21.9 Å². The molecular formula is C23H15N3O3S. The van der Waals surface area contributed by atoms with Crippen LogP contribution in [0.3, 0.4) is 0 Å². The lowest BCUT2D eigenvalue weighted by atomic mass is 10.1. The lowest BCUT2D eigenvalue weighted by molar-refractivity contribution is -0.384. The molecule has 0 atom stereocenters. The summed E-state index contributed by atoms with van der Waals surface area (Å²) in [6.45, 7) is 0.286. The molecule has 6 nitrogen and oxygen atoms in total. The monoisotopic (exact) mass is 413 g/mol. The molecule has 7 heteroatoms. The van der Waals surface area contributed by atoms with Gasteiger partial charge >= 0.3 is 0 Å². The minimum Gasteiger partial charge on any atom is -0.489 e. The van der Waals surface area contributed by atoms with Crippen LogP contribution in [0.4, 0.5) is 5.69 Å². The SMILES string of the molecule is N#C/C(=C\c1cccc(OCc2ccc([N+](=O)[O-])cc2)c1)c1nc2ccccc2s1. The molecule has 30 heavy (non-hydrogen) atoms. The van der Waals surface area contributed by atoms with Crippen molar-refractivity contribution in [1.29, 1.82) is 5.26 Å². The van der Waals surface area contributed by atoms with E-state index in [-0.39, 0.29) is 12.3 Å². The molecule has 0 spiro atoms. The molecule has 0 radical (unpaired) electrons. The molecule has 0 aliphatic rings. The number of nitro groups is 1. The van der Waals surface area contributed by atoms with Crippen LogP contribution in [0, 0.1) is 21.4 Å². The van der Waals surface area contributed by atoms with E-state index in [1.807, 2.05) is 48.5 Å². The number of non-ortho nitro benzene ring substituents is 1. The smallest absolute Gasteiger partial charge is 0.269 e. The zero-order chi connectivity index (χ0) is 20.9. The van der Waals surface area contributed by atoms with Crippen LogP contribution in [0.1, 0.15) is 16.1 Å². The predicted molar refractivity (Wildman–Crippen MR) is 117 cm³/mol. The average Bonchev–Trinajstić information content (AvgIpc) is 3.20. The van der Waals surface area contributed by atoms with Crippen LogP contribution in [0.5, 0.6) is 5.75 Å². The Labute approximate surface area is 176 Å². The van der Waals surface area contributed by atoms with E-state index in [2.05, 4.69) is 11.1 Å². The van der Waals surface area contributed by atoms with E-state index < -0.39 is 4.92 Å². The highest BCUT2D eigenvalue weighted by atomic mass is 32.1. The van der Waals surface area contributed by atoms with Gasteiger partial charge in [0.05, 0.1) is 20.7 Å². The van der Waals surface area contributed by atoms with Gasteiger partial charge in [0.25, 0.3) is 5.69 Å². The third-order valence-electron chi connectivity index (χ3n) is 4.37. The van der Waals surface area contributed by atoms with Crippen molar-refractivity contribution in [2.45, 2.75) is 6.61 Å². The highest BCUT2D eigenvalue weighted by Crippen LogP contribution is 2.28. The fraction of sp³-hybridized carbons (Fsp3) is 0.0435. The van der Waals surface area contributed by atoms with Gasteiger partial charge in [0.2, 0.25) is 0 Å². The van der Waals surface area contributed by atoms with Gasteiger partial charge in [0.15, 0.2) is 0 Å². The molecule has 146 valence electrons. The van der Waals surface area contributed by atoms with Gasteiger partial charge in [0, 0.05) is 12.1 Å². The lowest BCUT2D eigenvalue weighted by Gasteiger charge is -2.07. The summed E-state index contributed by atoms with van der Waals surface area (Å²) < 4.78 is 6.84. The highest BCUT2D eigenvalue weighted by Gasteiger charge is 2.09. The van der Waals surface area contributed by atoms with Gasteiger partial charge in [-0.05, 0) is 53.6 Å². The first-order valence-corrected chi connectivity index (χ1v) is 9.88. The molecule has 0 saturated carbocycles. The van der Waals surface area contributed by atoms with Crippen LogP contribution in [-0.4, -0.2) is 9.91 Å². The molecular weight excluding hydrogens is 398 g/mol. The van der Waals surface area contributed by atoms with Crippen molar-refractivity contribution in [3.8, 4) is 11.8 Å². The molecule has 0 aliphatic carbocycles. The van der Waals surface area contributed by atoms with Gasteiger partial charge in [-0.25, -0.2) is 4.98 Å². The van der Waals surface area contributed by atoms with Crippen molar-refractivity contribution >= 4 is 38.9 Å². The summed E-state index contributed by atoms with van der Waals surface area (Å²) in [6, 6.07) is 23.7. The number of benzene rings is 3. The number of hydrogen-bond donors (Lipinski definition) is 0. The van der Waals surface area contributed by atoms with Crippen LogP contribution in [0.2, 0.25) is 0 Å². The first-order chi connectivity index (χ1) is 14.6. The Kier molecular flexibility index (Phi) is 5.50. The molecule has 0 fully saturated rings. The van der Waals surface area contributed by atoms with Gasteiger partial charge in [-0.2, -0.15) is 5.26 Å². The topological polar surface area (TPSA) is 89.0 Å². The quantitative estimate of drug-likeness (QED) is 0.225. The van der Waals surface area contributed by atoms with E-state index in [0.717, 1.165) is 21.3 Å². The molecule has 0 N–H and O–H groups in total. The van der Waals surface area contributed by atoms with Gasteiger partial charge < -0.3 is 4.74 Å². The van der Waals surface area contributed by atoms with E-state index in [0.29, 0.717) is 16.3 Å². The summed E-state index contributed by atoms with van der Waals surface area (Å²) >= 11 is 1.48. The molecule has 1 aromatic heterocycles. The van der Waals surface area contributed by atoms with Gasteiger partial charge in [-0.15, -0.1) is 11.3 Å². The summed E-state index contributed by atoms with van der Waals surface area (Å²) in [7, 11) is 0. The second-order valence-electron chi connectivity index (χ2n) is 6.44. The molecule has 3 aromatic carbocycles. The number of para-hydroxylation sites is 1. The van der Waals surface area contributed by atoms with E-state index in [4.69, 9.17) is 4.74 Å². The molecule has 0 bridgehead atoms. The summed E-state index contributed by atoms with van der Waals surface area (Å²) in [5.41, 5.74) is 3.06. The van der Waals surface area contributed by atoms with Gasteiger partial charge in [-0.3, -0.25) is 10.1 Å². The number of aromatic nitrogens is 1. The molecule has 0 saturated heterocycles. The van der Waals surface area contributed by atoms with Crippen molar-refractivity contribution in [3.05, 3.63) is 99.0 Å². The van der Waals surface area contributed by atoms with E-state index in [1.165, 1.54) is 23.5 Å². The number of nitriles is 1. The van der Waals surface area contributed by atoms with Crippen LogP contribution in [-0.2, 0) is 6.61 Å². The van der Waals surface area contributed by atoms with Crippen molar-refractivity contribution < 1.29 is 9.66 Å². The first kappa shape index (κ1) is 19.3. The third kappa shape index (κ3) is 4.35. The Hall–Kier alpha value is -4.02. The summed E-state index contributed by atoms with van der Waals surface area (Å²) in [5, 5.41) is 21.0. The second-order valence-corrected chi connectivity index (χ2v) is 7.47. The summed E-state index contributed by atoms with van der Waals surface area (Å²) in [4.78, 5) is 14.9. The van der Waals surface area contributed by atoms with E-state index >= 15 is 0 Å². The predicted octanol–water partition coefficient (Wildman–Crippen LogP) is 5.85. The standard InChI is InChI=1S/C23H15N3O3S/c24-14-18(23-25-21-6-1-2-7-22(21)30-23)12-17-4-3-5-20(13-17)29-15-16-8-10-19(11-9-16)26(27)28/h1-13H,15H2/b18-12+. The zero-order valence-electron chi connectivity index (χ0n) is 15.7. The highest BCUT2D eigenvalue weighted by molar-refractivity contribution is 7.19. The van der Waals surface area contributed by atoms with Gasteiger partial charge in [-0.1, -0.05) is 24.3 Å². The minimum atomic E-state index is -0.432. The number of fused-ring (bicyclic) bond motifs is 1. The zero-order valence-corrected chi connectivity index (χ0v) is 16.5. The Morgan fingerprint density at radius 3 is 2.67 bits per heavy atom. The van der Waals surface area contributed by atoms with Crippen molar-refractivity contribution in [2.75, 3.05) is 0 Å². The number of thiazole rings is 1. The second kappa shape index (κ2) is 8.55. The molecule has 4 rings (SSSR count). The number of hydrogen-bond acceptors (Lipinski definition) is 6. The summed E-state index contributed by atoms with van der Waals surface area (Å²) in [6.07, 6.45) is 1.79. The Morgan fingerprint density at radius 2 is 1.93 bits per heavy atom.